The van der Waals surface area contributed by atoms with Crippen LogP contribution in [0.4, 0.5) is 5.69 Å². The molecule has 0 spiro atoms. The van der Waals surface area contributed by atoms with E-state index in [1.54, 1.807) is 0 Å². The number of amides is 1. The quantitative estimate of drug-likeness (QED) is 0.676. The van der Waals surface area contributed by atoms with Gasteiger partial charge in [-0.2, -0.15) is 0 Å². The number of aromatic nitrogens is 2. The average Bonchev–Trinajstić information content (AvgIpc) is 3.17. The van der Waals surface area contributed by atoms with Gasteiger partial charge in [0.1, 0.15) is 5.82 Å². The van der Waals surface area contributed by atoms with Crippen LogP contribution in [-0.4, -0.2) is 22.0 Å². The molecule has 0 saturated carbocycles. The molecule has 1 fully saturated rings. The number of para-hydroxylation sites is 3. The molecule has 4 nitrogen and oxygen atoms in total. The summed E-state index contributed by atoms with van der Waals surface area (Å²) in [6.45, 7) is 7.29. The highest BCUT2D eigenvalue weighted by molar-refractivity contribution is 5.97. The Bertz CT molecular complexity index is 957. The largest absolute Gasteiger partial charge is 0.324 e. The molecule has 25 heavy (non-hydrogen) atoms. The molecule has 0 bridgehead atoms. The molecule has 3 aromatic rings. The number of aryl methyl sites for hydroxylation is 1. The fraction of sp³-hybridized carbons (Fsp3) is 0.238. The van der Waals surface area contributed by atoms with Crippen LogP contribution in [0.3, 0.4) is 0 Å². The predicted molar refractivity (Wildman–Crippen MR) is 101 cm³/mol. The first kappa shape index (κ1) is 15.6. The molecule has 0 N–H and O–H groups in total. The zero-order chi connectivity index (χ0) is 17.4. The second kappa shape index (κ2) is 6.20. The Kier molecular flexibility index (Phi) is 3.88. The number of carbonyl (C=O) groups is 1. The number of imidazole rings is 1. The topological polar surface area (TPSA) is 38.1 Å². The van der Waals surface area contributed by atoms with Crippen LogP contribution in [0.5, 0.6) is 0 Å². The van der Waals surface area contributed by atoms with Crippen molar-refractivity contribution >= 4 is 22.6 Å². The number of allylic oxidation sites excluding steroid dienone is 1. The van der Waals surface area contributed by atoms with Gasteiger partial charge in [0.2, 0.25) is 5.91 Å². The Morgan fingerprint density at radius 1 is 1.20 bits per heavy atom. The number of rotatable bonds is 4. The molecular weight excluding hydrogens is 310 g/mol. The number of anilines is 1. The van der Waals surface area contributed by atoms with Gasteiger partial charge in [-0.15, -0.1) is 6.58 Å². The van der Waals surface area contributed by atoms with Gasteiger partial charge in [-0.25, -0.2) is 4.98 Å². The number of benzene rings is 2. The summed E-state index contributed by atoms with van der Waals surface area (Å²) < 4.78 is 2.18. The third-order valence-corrected chi connectivity index (χ3v) is 4.89. The lowest BCUT2D eigenvalue weighted by Crippen LogP contribution is -2.25. The number of fused-ring (bicyclic) bond motifs is 1. The van der Waals surface area contributed by atoms with Crippen LogP contribution in [0, 0.1) is 6.92 Å². The van der Waals surface area contributed by atoms with Crippen molar-refractivity contribution in [3.05, 3.63) is 72.6 Å². The van der Waals surface area contributed by atoms with Crippen molar-refractivity contribution in [1.82, 2.24) is 9.55 Å². The minimum absolute atomic E-state index is 0.0967. The van der Waals surface area contributed by atoms with E-state index in [0.29, 0.717) is 19.5 Å². The Morgan fingerprint density at radius 3 is 2.76 bits per heavy atom. The van der Waals surface area contributed by atoms with Gasteiger partial charge in [-0.1, -0.05) is 36.4 Å². The summed E-state index contributed by atoms with van der Waals surface area (Å²) in [6.07, 6.45) is 2.38. The molecule has 2 heterocycles. The van der Waals surface area contributed by atoms with E-state index >= 15 is 0 Å². The molecule has 1 aromatic heterocycles. The van der Waals surface area contributed by atoms with Crippen molar-refractivity contribution in [1.29, 1.82) is 0 Å². The van der Waals surface area contributed by atoms with E-state index in [2.05, 4.69) is 17.2 Å². The number of hydrogen-bond donors (Lipinski definition) is 0. The highest BCUT2D eigenvalue weighted by atomic mass is 16.2. The van der Waals surface area contributed by atoms with Crippen LogP contribution in [-0.2, 0) is 11.3 Å². The molecule has 1 aliphatic rings. The monoisotopic (exact) mass is 331 g/mol. The van der Waals surface area contributed by atoms with Gasteiger partial charge in [0.25, 0.3) is 0 Å². The Balaban J connectivity index is 1.73. The summed E-state index contributed by atoms with van der Waals surface area (Å²) in [6, 6.07) is 16.2. The Labute approximate surface area is 147 Å². The maximum Gasteiger partial charge on any atom is 0.227 e. The van der Waals surface area contributed by atoms with Gasteiger partial charge in [-0.3, -0.25) is 4.79 Å². The van der Waals surface area contributed by atoms with Crippen LogP contribution in [0.15, 0.2) is 61.2 Å². The third kappa shape index (κ3) is 2.64. The second-order valence-electron chi connectivity index (χ2n) is 6.55. The van der Waals surface area contributed by atoms with E-state index in [1.165, 1.54) is 0 Å². The van der Waals surface area contributed by atoms with Gasteiger partial charge in [-0.05, 0) is 30.7 Å². The molecule has 1 saturated heterocycles. The van der Waals surface area contributed by atoms with Crippen molar-refractivity contribution in [2.45, 2.75) is 25.8 Å². The fourth-order valence-electron chi connectivity index (χ4n) is 3.71. The first-order chi connectivity index (χ1) is 12.2. The molecule has 126 valence electrons. The molecule has 1 atom stereocenters. The zero-order valence-electron chi connectivity index (χ0n) is 14.4. The van der Waals surface area contributed by atoms with Crippen LogP contribution < -0.4 is 4.90 Å². The first-order valence-electron chi connectivity index (χ1n) is 8.61. The lowest BCUT2D eigenvalue weighted by Gasteiger charge is -2.19. The van der Waals surface area contributed by atoms with Crippen molar-refractivity contribution in [2.75, 3.05) is 11.4 Å². The van der Waals surface area contributed by atoms with Crippen LogP contribution in [0.25, 0.3) is 11.0 Å². The maximum absolute atomic E-state index is 12.7. The molecule has 4 heteroatoms. The lowest BCUT2D eigenvalue weighted by atomic mass is 10.1. The molecule has 0 aliphatic carbocycles. The van der Waals surface area contributed by atoms with E-state index in [1.807, 2.05) is 60.4 Å². The highest BCUT2D eigenvalue weighted by Crippen LogP contribution is 2.34. The maximum atomic E-state index is 12.7. The van der Waals surface area contributed by atoms with E-state index in [9.17, 15) is 4.79 Å². The van der Waals surface area contributed by atoms with Crippen molar-refractivity contribution < 1.29 is 4.79 Å². The van der Waals surface area contributed by atoms with E-state index in [4.69, 9.17) is 4.98 Å². The van der Waals surface area contributed by atoms with Gasteiger partial charge in [0, 0.05) is 31.1 Å². The van der Waals surface area contributed by atoms with Gasteiger partial charge < -0.3 is 9.47 Å². The number of carbonyl (C=O) groups excluding carboxylic acids is 1. The molecule has 1 unspecified atom stereocenters. The fourth-order valence-corrected chi connectivity index (χ4v) is 3.71. The minimum atomic E-state index is 0.0967. The third-order valence-electron chi connectivity index (χ3n) is 4.89. The van der Waals surface area contributed by atoms with Crippen molar-refractivity contribution in [3.63, 3.8) is 0 Å². The standard InChI is InChI=1S/C21H21N3O/c1-3-12-23-19-11-7-5-9-17(19)22-21(23)16-13-20(25)24(14-16)18-10-6-4-8-15(18)2/h3-11,16H,1,12-14H2,2H3. The number of nitrogens with zero attached hydrogens (tertiary/aromatic N) is 3. The summed E-state index contributed by atoms with van der Waals surface area (Å²) in [5.74, 6) is 1.24. The van der Waals surface area contributed by atoms with Crippen LogP contribution >= 0.6 is 0 Å². The van der Waals surface area contributed by atoms with Gasteiger partial charge >= 0.3 is 0 Å². The molecule has 2 aromatic carbocycles. The van der Waals surface area contributed by atoms with E-state index in [-0.39, 0.29) is 11.8 Å². The Hall–Kier alpha value is -2.88. The minimum Gasteiger partial charge on any atom is -0.324 e. The second-order valence-corrected chi connectivity index (χ2v) is 6.55. The molecule has 1 aliphatic heterocycles. The van der Waals surface area contributed by atoms with E-state index in [0.717, 1.165) is 28.1 Å². The predicted octanol–water partition coefficient (Wildman–Crippen LogP) is 4.05. The molecule has 0 radical (unpaired) electrons. The van der Waals surface area contributed by atoms with Crippen molar-refractivity contribution in [3.8, 4) is 0 Å². The summed E-state index contributed by atoms with van der Waals surface area (Å²) >= 11 is 0. The van der Waals surface area contributed by atoms with Crippen molar-refractivity contribution in [2.24, 2.45) is 0 Å². The van der Waals surface area contributed by atoms with Crippen LogP contribution in [0.2, 0.25) is 0 Å². The summed E-state index contributed by atoms with van der Waals surface area (Å²) in [7, 11) is 0. The average molecular weight is 331 g/mol. The normalized spacial score (nSPS) is 17.4. The SMILES string of the molecule is C=CCn1c(C2CC(=O)N(c3ccccc3C)C2)nc2ccccc21. The van der Waals surface area contributed by atoms with Crippen LogP contribution in [0.1, 0.15) is 23.7 Å². The summed E-state index contributed by atoms with van der Waals surface area (Å²) in [5, 5.41) is 0. The highest BCUT2D eigenvalue weighted by Gasteiger charge is 2.35. The summed E-state index contributed by atoms with van der Waals surface area (Å²) in [5.41, 5.74) is 4.19. The molecule has 4 rings (SSSR count). The Morgan fingerprint density at radius 2 is 1.96 bits per heavy atom. The summed E-state index contributed by atoms with van der Waals surface area (Å²) in [4.78, 5) is 19.4. The van der Waals surface area contributed by atoms with Gasteiger partial charge in [0.05, 0.1) is 11.0 Å². The number of hydrogen-bond acceptors (Lipinski definition) is 2. The molecular formula is C21H21N3O. The zero-order valence-corrected chi connectivity index (χ0v) is 14.4. The lowest BCUT2D eigenvalue weighted by molar-refractivity contribution is -0.117. The smallest absolute Gasteiger partial charge is 0.227 e. The van der Waals surface area contributed by atoms with E-state index < -0.39 is 0 Å². The first-order valence-corrected chi connectivity index (χ1v) is 8.61. The molecule has 1 amide bonds. The van der Waals surface area contributed by atoms with Gasteiger partial charge in [0.15, 0.2) is 0 Å².